The summed E-state index contributed by atoms with van der Waals surface area (Å²) in [6.45, 7) is 3.95. The van der Waals surface area contributed by atoms with Crippen LogP contribution in [0, 0.1) is 0 Å². The summed E-state index contributed by atoms with van der Waals surface area (Å²) < 4.78 is 32.7. The van der Waals surface area contributed by atoms with E-state index in [4.69, 9.17) is 10.5 Å². The molecule has 1 atom stereocenters. The molecule has 0 amide bonds. The second-order valence-corrected chi connectivity index (χ2v) is 7.70. The summed E-state index contributed by atoms with van der Waals surface area (Å²) in [6, 6.07) is 6.72. The highest BCUT2D eigenvalue weighted by molar-refractivity contribution is 7.89. The third kappa shape index (κ3) is 3.44. The van der Waals surface area contributed by atoms with Gasteiger partial charge in [-0.05, 0) is 25.5 Å². The summed E-state index contributed by atoms with van der Waals surface area (Å²) in [5.41, 5.74) is 5.58. The van der Waals surface area contributed by atoms with Crippen LogP contribution in [0.3, 0.4) is 0 Å². The van der Waals surface area contributed by atoms with Crippen LogP contribution in [0.2, 0.25) is 0 Å². The van der Waals surface area contributed by atoms with Gasteiger partial charge in [-0.1, -0.05) is 18.2 Å². The predicted molar refractivity (Wildman–Crippen MR) is 79.1 cm³/mol. The number of nitrogens with two attached hydrogens (primary N) is 1. The number of morpholine rings is 1. The molecule has 118 valence electrons. The Morgan fingerprint density at radius 3 is 2.71 bits per heavy atom. The lowest BCUT2D eigenvalue weighted by atomic mass is 10.1. The van der Waals surface area contributed by atoms with Gasteiger partial charge in [0.15, 0.2) is 0 Å². The summed E-state index contributed by atoms with van der Waals surface area (Å²) in [7, 11) is -3.66. The van der Waals surface area contributed by atoms with E-state index < -0.39 is 21.7 Å². The van der Waals surface area contributed by atoms with Gasteiger partial charge in [-0.3, -0.25) is 0 Å². The number of ether oxygens (including phenoxy) is 1. The molecule has 0 bridgehead atoms. The number of aliphatic hydroxyl groups is 1. The topological polar surface area (TPSA) is 92.9 Å². The lowest BCUT2D eigenvalue weighted by Gasteiger charge is -2.41. The number of nitrogens with zero attached hydrogens (tertiary/aromatic N) is 1. The van der Waals surface area contributed by atoms with E-state index in [0.29, 0.717) is 5.56 Å². The first kappa shape index (κ1) is 16.4. The van der Waals surface area contributed by atoms with Gasteiger partial charge in [-0.25, -0.2) is 8.42 Å². The molecule has 0 spiro atoms. The molecule has 1 saturated heterocycles. The van der Waals surface area contributed by atoms with E-state index in [1.165, 1.54) is 4.31 Å². The lowest BCUT2D eigenvalue weighted by molar-refractivity contribution is -0.131. The molecule has 3 N–H and O–H groups in total. The second-order valence-electron chi connectivity index (χ2n) is 5.79. The standard InChI is InChI=1S/C14H22N2O4S/c1-14(2)10-16(8-12(9-17)20-14)21(18,19)13-6-4-3-5-11(13)7-15/h3-6,12,17H,7-10,15H2,1-2H3. The summed E-state index contributed by atoms with van der Waals surface area (Å²) in [4.78, 5) is 0.224. The van der Waals surface area contributed by atoms with E-state index >= 15 is 0 Å². The monoisotopic (exact) mass is 314 g/mol. The summed E-state index contributed by atoms with van der Waals surface area (Å²) in [5, 5.41) is 9.31. The van der Waals surface area contributed by atoms with Crippen LogP contribution in [-0.2, 0) is 21.3 Å². The molecule has 2 rings (SSSR count). The largest absolute Gasteiger partial charge is 0.394 e. The predicted octanol–water partition coefficient (Wildman–Crippen LogP) is 0.306. The second kappa shape index (κ2) is 6.02. The van der Waals surface area contributed by atoms with Crippen molar-refractivity contribution < 1.29 is 18.3 Å². The third-order valence-electron chi connectivity index (χ3n) is 3.46. The number of hydrogen-bond acceptors (Lipinski definition) is 5. The molecule has 7 heteroatoms. The average molecular weight is 314 g/mol. The normalized spacial score (nSPS) is 23.1. The summed E-state index contributed by atoms with van der Waals surface area (Å²) in [5.74, 6) is 0. The minimum Gasteiger partial charge on any atom is -0.394 e. The minimum atomic E-state index is -3.66. The van der Waals surface area contributed by atoms with Crippen molar-refractivity contribution in [3.8, 4) is 0 Å². The number of sulfonamides is 1. The molecule has 21 heavy (non-hydrogen) atoms. The van der Waals surface area contributed by atoms with E-state index in [2.05, 4.69) is 0 Å². The molecule has 6 nitrogen and oxygen atoms in total. The van der Waals surface area contributed by atoms with Crippen LogP contribution in [0.15, 0.2) is 29.2 Å². The zero-order chi connectivity index (χ0) is 15.7. The molecule has 1 aliphatic rings. The molecule has 1 aliphatic heterocycles. The molecule has 0 aliphatic carbocycles. The Balaban J connectivity index is 2.39. The summed E-state index contributed by atoms with van der Waals surface area (Å²) in [6.07, 6.45) is -0.520. The van der Waals surface area contributed by atoms with Gasteiger partial charge in [-0.15, -0.1) is 0 Å². The molecule has 1 heterocycles. The van der Waals surface area contributed by atoms with Gasteiger partial charge in [0.05, 0.1) is 23.2 Å². The van der Waals surface area contributed by atoms with Gasteiger partial charge in [0.25, 0.3) is 0 Å². The zero-order valence-electron chi connectivity index (χ0n) is 12.3. The third-order valence-corrected chi connectivity index (χ3v) is 5.38. The molecule has 1 aromatic rings. The van der Waals surface area contributed by atoms with E-state index in [1.807, 2.05) is 13.8 Å². The maximum Gasteiger partial charge on any atom is 0.243 e. The fraction of sp³-hybridized carbons (Fsp3) is 0.571. The molecule has 1 fully saturated rings. The van der Waals surface area contributed by atoms with Crippen LogP contribution in [0.4, 0.5) is 0 Å². The molecule has 0 radical (unpaired) electrons. The molecule has 1 aromatic carbocycles. The van der Waals surface area contributed by atoms with Crippen molar-refractivity contribution in [3.63, 3.8) is 0 Å². The van der Waals surface area contributed by atoms with Crippen LogP contribution >= 0.6 is 0 Å². The molecule has 0 aromatic heterocycles. The van der Waals surface area contributed by atoms with Crippen LogP contribution in [0.1, 0.15) is 19.4 Å². The molecular formula is C14H22N2O4S. The van der Waals surface area contributed by atoms with Gasteiger partial charge in [0, 0.05) is 19.6 Å². The highest BCUT2D eigenvalue weighted by atomic mass is 32.2. The smallest absolute Gasteiger partial charge is 0.243 e. The Morgan fingerprint density at radius 1 is 1.43 bits per heavy atom. The number of benzene rings is 1. The lowest BCUT2D eigenvalue weighted by Crippen LogP contribution is -2.55. The highest BCUT2D eigenvalue weighted by Gasteiger charge is 2.39. The van der Waals surface area contributed by atoms with Crippen molar-refractivity contribution in [1.82, 2.24) is 4.31 Å². The Bertz CT molecular complexity index is 601. The van der Waals surface area contributed by atoms with Gasteiger partial charge >= 0.3 is 0 Å². The first-order valence-corrected chi connectivity index (χ1v) is 8.31. The van der Waals surface area contributed by atoms with E-state index in [-0.39, 0.29) is 31.1 Å². The van der Waals surface area contributed by atoms with Crippen molar-refractivity contribution in [2.75, 3.05) is 19.7 Å². The highest BCUT2D eigenvalue weighted by Crippen LogP contribution is 2.27. The van der Waals surface area contributed by atoms with E-state index in [1.54, 1.807) is 24.3 Å². The van der Waals surface area contributed by atoms with Crippen molar-refractivity contribution in [2.24, 2.45) is 5.73 Å². The minimum absolute atomic E-state index is 0.140. The van der Waals surface area contributed by atoms with Crippen molar-refractivity contribution >= 4 is 10.0 Å². The quantitative estimate of drug-likeness (QED) is 0.834. The number of rotatable bonds is 4. The summed E-state index contributed by atoms with van der Waals surface area (Å²) >= 11 is 0. The molecule has 1 unspecified atom stereocenters. The van der Waals surface area contributed by atoms with Crippen LogP contribution in [-0.4, -0.2) is 49.2 Å². The fourth-order valence-electron chi connectivity index (χ4n) is 2.58. The van der Waals surface area contributed by atoms with Crippen LogP contribution in [0.25, 0.3) is 0 Å². The van der Waals surface area contributed by atoms with Crippen LogP contribution in [0.5, 0.6) is 0 Å². The molecule has 0 saturated carbocycles. The zero-order valence-corrected chi connectivity index (χ0v) is 13.1. The molecular weight excluding hydrogens is 292 g/mol. The number of aliphatic hydroxyl groups excluding tert-OH is 1. The fourth-order valence-corrected chi connectivity index (χ4v) is 4.44. The van der Waals surface area contributed by atoms with Gasteiger partial charge < -0.3 is 15.6 Å². The first-order chi connectivity index (χ1) is 9.80. The first-order valence-electron chi connectivity index (χ1n) is 6.87. The maximum atomic E-state index is 12.8. The Kier molecular flexibility index (Phi) is 4.69. The Morgan fingerprint density at radius 2 is 2.10 bits per heavy atom. The van der Waals surface area contributed by atoms with Crippen LogP contribution < -0.4 is 5.73 Å². The number of hydrogen-bond donors (Lipinski definition) is 2. The van der Waals surface area contributed by atoms with E-state index in [9.17, 15) is 13.5 Å². The van der Waals surface area contributed by atoms with Crippen molar-refractivity contribution in [1.29, 1.82) is 0 Å². The van der Waals surface area contributed by atoms with Crippen molar-refractivity contribution in [2.45, 2.75) is 37.0 Å². The van der Waals surface area contributed by atoms with Crippen molar-refractivity contribution in [3.05, 3.63) is 29.8 Å². The van der Waals surface area contributed by atoms with E-state index in [0.717, 1.165) is 0 Å². The van der Waals surface area contributed by atoms with Gasteiger partial charge in [0.2, 0.25) is 10.0 Å². The van der Waals surface area contributed by atoms with Gasteiger partial charge in [0.1, 0.15) is 0 Å². The Labute approximate surface area is 125 Å². The van der Waals surface area contributed by atoms with Gasteiger partial charge in [-0.2, -0.15) is 4.31 Å². The maximum absolute atomic E-state index is 12.8. The average Bonchev–Trinajstić information content (AvgIpc) is 2.45. The SMILES string of the molecule is CC1(C)CN(S(=O)(=O)c2ccccc2CN)CC(CO)O1. The Hall–Kier alpha value is -0.990.